The van der Waals surface area contributed by atoms with Crippen LogP contribution in [-0.4, -0.2) is 6.03 Å². The summed E-state index contributed by atoms with van der Waals surface area (Å²) < 4.78 is 52.5. The Hall–Kier alpha value is -2.61. The van der Waals surface area contributed by atoms with Crippen LogP contribution in [0.15, 0.2) is 42.5 Å². The quantitative estimate of drug-likeness (QED) is 0.847. The maximum Gasteiger partial charge on any atom is 0.416 e. The summed E-state index contributed by atoms with van der Waals surface area (Å²) in [4.78, 5) is 12.4. The highest BCUT2D eigenvalue weighted by Gasteiger charge is 2.32. The first-order valence-corrected chi connectivity index (χ1v) is 6.50. The number of primary amides is 1. The van der Waals surface area contributed by atoms with Crippen molar-refractivity contribution in [3.63, 3.8) is 0 Å². The molecule has 2 aromatic carbocycles. The molecule has 0 aliphatic carbocycles. The first-order valence-electron chi connectivity index (χ1n) is 6.50. The van der Waals surface area contributed by atoms with E-state index in [1.54, 1.807) is 12.1 Å². The molecule has 2 aromatic rings. The zero-order valence-electron chi connectivity index (χ0n) is 11.8. The van der Waals surface area contributed by atoms with Crippen molar-refractivity contribution in [2.45, 2.75) is 12.7 Å². The number of amides is 2. The second kappa shape index (κ2) is 6.25. The molecule has 0 heterocycles. The fraction of sp³-hybridized carbons (Fsp3) is 0.133. The van der Waals surface area contributed by atoms with Crippen LogP contribution >= 0.6 is 0 Å². The number of nitrogens with zero attached hydrogens (tertiary/aromatic N) is 1. The zero-order valence-corrected chi connectivity index (χ0v) is 11.8. The van der Waals surface area contributed by atoms with Gasteiger partial charge in [-0.3, -0.25) is 4.90 Å². The lowest BCUT2D eigenvalue weighted by atomic mass is 10.1. The molecular weight excluding hydrogens is 314 g/mol. The van der Waals surface area contributed by atoms with Gasteiger partial charge in [-0.25, -0.2) is 9.18 Å². The number of rotatable bonds is 3. The van der Waals surface area contributed by atoms with Crippen LogP contribution < -0.4 is 16.4 Å². The molecule has 0 fully saturated rings. The number of hydrogen-bond donors (Lipinski definition) is 2. The second-order valence-corrected chi connectivity index (χ2v) is 4.67. The van der Waals surface area contributed by atoms with Crippen molar-refractivity contribution in [3.05, 3.63) is 59.4 Å². The highest BCUT2D eigenvalue weighted by molar-refractivity contribution is 5.99. The summed E-state index contributed by atoms with van der Waals surface area (Å²) in [6.07, 6.45) is -4.68. The Balaban J connectivity index is 2.66. The summed E-state index contributed by atoms with van der Waals surface area (Å²) in [5.74, 6) is -1.01. The minimum Gasteiger partial charge on any atom is -0.351 e. The van der Waals surface area contributed by atoms with Gasteiger partial charge in [0.2, 0.25) is 0 Å². The predicted molar refractivity (Wildman–Crippen MR) is 77.5 cm³/mol. The molecule has 0 aliphatic heterocycles. The largest absolute Gasteiger partial charge is 0.416 e. The third kappa shape index (κ3) is 3.42. The van der Waals surface area contributed by atoms with Crippen LogP contribution in [0.25, 0.3) is 0 Å². The van der Waals surface area contributed by atoms with Crippen LogP contribution in [0.1, 0.15) is 11.1 Å². The molecule has 0 unspecified atom stereocenters. The van der Waals surface area contributed by atoms with Gasteiger partial charge in [0.25, 0.3) is 0 Å². The van der Waals surface area contributed by atoms with Crippen LogP contribution in [0.4, 0.5) is 33.7 Å². The Bertz CT molecular complexity index is 731. The summed E-state index contributed by atoms with van der Waals surface area (Å²) in [5, 5.41) is 0. The maximum atomic E-state index is 14.0. The number of halogens is 4. The van der Waals surface area contributed by atoms with Crippen molar-refractivity contribution >= 4 is 17.4 Å². The highest BCUT2D eigenvalue weighted by atomic mass is 19.4. The molecule has 0 radical (unpaired) electrons. The van der Waals surface area contributed by atoms with Gasteiger partial charge in [-0.15, -0.1) is 0 Å². The molecular formula is C15H13F4N3O. The van der Waals surface area contributed by atoms with E-state index in [1.165, 1.54) is 12.1 Å². The molecule has 2 amide bonds. The SMILES string of the molecule is NCc1ccccc1N(C(N)=O)c1cc(C(F)(F)F)ccc1F. The van der Waals surface area contributed by atoms with Crippen LogP contribution in [0.3, 0.4) is 0 Å². The summed E-state index contributed by atoms with van der Waals surface area (Å²) in [5.41, 5.74) is 9.68. The Morgan fingerprint density at radius 3 is 2.30 bits per heavy atom. The van der Waals surface area contributed by atoms with Crippen LogP contribution in [0.5, 0.6) is 0 Å². The van der Waals surface area contributed by atoms with Crippen LogP contribution in [0.2, 0.25) is 0 Å². The topological polar surface area (TPSA) is 72.3 Å². The van der Waals surface area contributed by atoms with Gasteiger partial charge in [0, 0.05) is 6.54 Å². The van der Waals surface area contributed by atoms with E-state index in [4.69, 9.17) is 11.5 Å². The Morgan fingerprint density at radius 2 is 1.74 bits per heavy atom. The molecule has 2 rings (SSSR count). The van der Waals surface area contributed by atoms with E-state index in [2.05, 4.69) is 0 Å². The lowest BCUT2D eigenvalue weighted by Gasteiger charge is -2.24. The first kappa shape index (κ1) is 16.8. The van der Waals surface area contributed by atoms with Gasteiger partial charge in [-0.05, 0) is 29.8 Å². The minimum atomic E-state index is -4.68. The van der Waals surface area contributed by atoms with Crippen LogP contribution in [0, 0.1) is 5.82 Å². The molecule has 0 saturated carbocycles. The number of anilines is 2. The lowest BCUT2D eigenvalue weighted by Crippen LogP contribution is -2.33. The third-order valence-electron chi connectivity index (χ3n) is 3.19. The third-order valence-corrected chi connectivity index (χ3v) is 3.19. The average molecular weight is 327 g/mol. The number of urea groups is 1. The van der Waals surface area contributed by atoms with E-state index in [1.807, 2.05) is 0 Å². The van der Waals surface area contributed by atoms with Gasteiger partial charge in [-0.1, -0.05) is 18.2 Å². The first-order chi connectivity index (χ1) is 10.8. The summed E-state index contributed by atoms with van der Waals surface area (Å²) >= 11 is 0. The lowest BCUT2D eigenvalue weighted by molar-refractivity contribution is -0.137. The molecule has 0 aromatic heterocycles. The Labute approximate surface area is 129 Å². The standard InChI is InChI=1S/C15H13F4N3O/c16-11-6-5-10(15(17,18)19)7-13(11)22(14(21)23)12-4-2-1-3-9(12)8-20/h1-7H,8,20H2,(H2,21,23). The van der Waals surface area contributed by atoms with E-state index in [9.17, 15) is 22.4 Å². The number of carbonyl (C=O) groups excluding carboxylic acids is 1. The number of hydrogen-bond acceptors (Lipinski definition) is 2. The predicted octanol–water partition coefficient (Wildman–Crippen LogP) is 3.52. The molecule has 122 valence electrons. The Kier molecular flexibility index (Phi) is 4.55. The van der Waals surface area contributed by atoms with Gasteiger partial charge in [0.1, 0.15) is 5.82 Å². The molecule has 0 saturated heterocycles. The number of carbonyl (C=O) groups is 1. The van der Waals surface area contributed by atoms with E-state index >= 15 is 0 Å². The minimum absolute atomic E-state index is 0.000530. The van der Waals surface area contributed by atoms with Crippen molar-refractivity contribution in [2.75, 3.05) is 4.90 Å². The van der Waals surface area contributed by atoms with Gasteiger partial charge in [0.15, 0.2) is 0 Å². The molecule has 0 bridgehead atoms. The summed E-state index contributed by atoms with van der Waals surface area (Å²) in [6.45, 7) is 0.000530. The second-order valence-electron chi connectivity index (χ2n) is 4.67. The fourth-order valence-electron chi connectivity index (χ4n) is 2.13. The molecule has 0 spiro atoms. The molecule has 4 nitrogen and oxygen atoms in total. The highest BCUT2D eigenvalue weighted by Crippen LogP contribution is 2.36. The molecule has 4 N–H and O–H groups in total. The fourth-order valence-corrected chi connectivity index (χ4v) is 2.13. The molecule has 0 aliphatic rings. The molecule has 8 heteroatoms. The van der Waals surface area contributed by atoms with Crippen molar-refractivity contribution in [3.8, 4) is 0 Å². The number of alkyl halides is 3. The van der Waals surface area contributed by atoms with Gasteiger partial charge >= 0.3 is 12.2 Å². The van der Waals surface area contributed by atoms with Crippen molar-refractivity contribution < 1.29 is 22.4 Å². The van der Waals surface area contributed by atoms with Gasteiger partial charge in [0.05, 0.1) is 16.9 Å². The summed E-state index contributed by atoms with van der Waals surface area (Å²) in [6, 6.07) is 6.80. The van der Waals surface area contributed by atoms with E-state index in [0.29, 0.717) is 28.7 Å². The van der Waals surface area contributed by atoms with E-state index < -0.39 is 29.3 Å². The smallest absolute Gasteiger partial charge is 0.351 e. The molecule has 0 atom stereocenters. The van der Waals surface area contributed by atoms with Crippen LogP contribution in [-0.2, 0) is 12.7 Å². The number of nitrogens with two attached hydrogens (primary N) is 2. The Morgan fingerprint density at radius 1 is 1.09 bits per heavy atom. The average Bonchev–Trinajstić information content (AvgIpc) is 2.48. The van der Waals surface area contributed by atoms with Crippen molar-refractivity contribution in [1.29, 1.82) is 0 Å². The van der Waals surface area contributed by atoms with Gasteiger partial charge in [-0.2, -0.15) is 13.2 Å². The normalized spacial score (nSPS) is 11.3. The maximum absolute atomic E-state index is 14.0. The van der Waals surface area contributed by atoms with E-state index in [0.717, 1.165) is 0 Å². The summed E-state index contributed by atoms with van der Waals surface area (Å²) in [7, 11) is 0. The molecule has 23 heavy (non-hydrogen) atoms. The number of benzene rings is 2. The van der Waals surface area contributed by atoms with Crippen molar-refractivity contribution in [2.24, 2.45) is 11.5 Å². The number of para-hydroxylation sites is 1. The monoisotopic (exact) mass is 327 g/mol. The van der Waals surface area contributed by atoms with Gasteiger partial charge < -0.3 is 11.5 Å². The zero-order chi connectivity index (χ0) is 17.2. The van der Waals surface area contributed by atoms with E-state index in [-0.39, 0.29) is 12.2 Å². The van der Waals surface area contributed by atoms with Crippen molar-refractivity contribution in [1.82, 2.24) is 0 Å².